The van der Waals surface area contributed by atoms with Crippen LogP contribution >= 0.6 is 12.4 Å². The molecule has 24 heavy (non-hydrogen) atoms. The average molecular weight is 350 g/mol. The summed E-state index contributed by atoms with van der Waals surface area (Å²) in [5.41, 5.74) is 2.11. The molecule has 1 heterocycles. The molecule has 4 heteroatoms. The Balaban J connectivity index is 0.00000208. The van der Waals surface area contributed by atoms with Crippen LogP contribution < -0.4 is 0 Å². The second-order valence-corrected chi connectivity index (χ2v) is 6.12. The van der Waals surface area contributed by atoms with Crippen molar-refractivity contribution in [2.45, 2.75) is 25.4 Å². The highest BCUT2D eigenvalue weighted by atomic mass is 35.5. The Labute approximate surface area is 150 Å². The highest BCUT2D eigenvalue weighted by molar-refractivity contribution is 5.85. The van der Waals surface area contributed by atoms with E-state index >= 15 is 0 Å². The summed E-state index contributed by atoms with van der Waals surface area (Å²) >= 11 is 0. The van der Waals surface area contributed by atoms with E-state index in [1.54, 1.807) is 0 Å². The summed E-state index contributed by atoms with van der Waals surface area (Å²) in [6, 6.07) is 16.8. The Bertz CT molecular complexity index is 584. The third kappa shape index (κ3) is 5.30. The van der Waals surface area contributed by atoms with Crippen molar-refractivity contribution >= 4 is 12.4 Å². The fourth-order valence-electron chi connectivity index (χ4n) is 3.13. The van der Waals surface area contributed by atoms with Crippen molar-refractivity contribution in [2.75, 3.05) is 26.2 Å². The number of rotatable bonds is 6. The average Bonchev–Trinajstić information content (AvgIpc) is 2.61. The molecular formula is C20H25ClFNO. The Kier molecular flexibility index (Phi) is 7.70. The Morgan fingerprint density at radius 1 is 0.875 bits per heavy atom. The number of nitrogens with zero attached hydrogens (tertiary/aromatic N) is 1. The number of benzene rings is 2. The molecule has 1 aliphatic heterocycles. The monoisotopic (exact) mass is 349 g/mol. The highest BCUT2D eigenvalue weighted by Gasteiger charge is 2.16. The van der Waals surface area contributed by atoms with E-state index in [1.165, 1.54) is 44.5 Å². The van der Waals surface area contributed by atoms with Crippen LogP contribution in [0.5, 0.6) is 0 Å². The van der Waals surface area contributed by atoms with Crippen molar-refractivity contribution < 1.29 is 9.13 Å². The SMILES string of the molecule is Cl.Fc1ccc(C(OCCN2CCCCC2)c2ccccc2)cc1. The van der Waals surface area contributed by atoms with Gasteiger partial charge in [-0.1, -0.05) is 48.9 Å². The van der Waals surface area contributed by atoms with E-state index in [-0.39, 0.29) is 24.3 Å². The van der Waals surface area contributed by atoms with Crippen molar-refractivity contribution in [3.63, 3.8) is 0 Å². The molecule has 1 aliphatic rings. The number of piperidine rings is 1. The van der Waals surface area contributed by atoms with E-state index in [4.69, 9.17) is 4.74 Å². The first-order valence-corrected chi connectivity index (χ1v) is 8.47. The van der Waals surface area contributed by atoms with Crippen molar-refractivity contribution in [3.8, 4) is 0 Å². The molecule has 0 bridgehead atoms. The maximum Gasteiger partial charge on any atom is 0.123 e. The lowest BCUT2D eigenvalue weighted by molar-refractivity contribution is 0.0557. The van der Waals surface area contributed by atoms with Crippen molar-refractivity contribution in [3.05, 3.63) is 71.5 Å². The first-order chi connectivity index (χ1) is 11.3. The zero-order chi connectivity index (χ0) is 15.9. The number of ether oxygens (including phenoxy) is 1. The standard InChI is InChI=1S/C20H24FNO.ClH/c21-19-11-9-18(10-12-19)20(17-7-3-1-4-8-17)23-16-15-22-13-5-2-6-14-22;/h1,3-4,7-12,20H,2,5-6,13-16H2;1H. The third-order valence-corrected chi connectivity index (χ3v) is 4.42. The highest BCUT2D eigenvalue weighted by Crippen LogP contribution is 2.26. The number of halogens is 2. The van der Waals surface area contributed by atoms with Gasteiger partial charge in [-0.25, -0.2) is 4.39 Å². The van der Waals surface area contributed by atoms with Gasteiger partial charge in [0.25, 0.3) is 0 Å². The Hall–Kier alpha value is -1.42. The van der Waals surface area contributed by atoms with Crippen molar-refractivity contribution in [1.29, 1.82) is 0 Å². The molecule has 1 atom stereocenters. The lowest BCUT2D eigenvalue weighted by atomic mass is 10.0. The number of likely N-dealkylation sites (tertiary alicyclic amines) is 1. The molecule has 2 aromatic carbocycles. The second-order valence-electron chi connectivity index (χ2n) is 6.12. The van der Waals surface area contributed by atoms with Gasteiger partial charge in [0.2, 0.25) is 0 Å². The first kappa shape index (κ1) is 18.9. The minimum absolute atomic E-state index is 0. The molecule has 0 aliphatic carbocycles. The number of hydrogen-bond acceptors (Lipinski definition) is 2. The fraction of sp³-hybridized carbons (Fsp3) is 0.400. The smallest absolute Gasteiger partial charge is 0.123 e. The van der Waals surface area contributed by atoms with Crippen molar-refractivity contribution in [2.24, 2.45) is 0 Å². The van der Waals surface area contributed by atoms with Gasteiger partial charge in [0, 0.05) is 6.54 Å². The minimum Gasteiger partial charge on any atom is -0.367 e. The molecular weight excluding hydrogens is 325 g/mol. The van der Waals surface area contributed by atoms with Crippen LogP contribution in [-0.2, 0) is 4.74 Å². The first-order valence-electron chi connectivity index (χ1n) is 8.47. The molecule has 130 valence electrons. The van der Waals surface area contributed by atoms with Crippen LogP contribution in [-0.4, -0.2) is 31.1 Å². The van der Waals surface area contributed by atoms with Gasteiger partial charge in [-0.2, -0.15) is 0 Å². The van der Waals surface area contributed by atoms with Crippen molar-refractivity contribution in [1.82, 2.24) is 4.90 Å². The molecule has 0 saturated carbocycles. The maximum absolute atomic E-state index is 13.2. The molecule has 0 N–H and O–H groups in total. The molecule has 0 amide bonds. The molecule has 0 aromatic heterocycles. The predicted molar refractivity (Wildman–Crippen MR) is 98.2 cm³/mol. The van der Waals surface area contributed by atoms with E-state index in [9.17, 15) is 4.39 Å². The van der Waals surface area contributed by atoms with Crippen LogP contribution in [0.15, 0.2) is 54.6 Å². The fourth-order valence-corrected chi connectivity index (χ4v) is 3.13. The van der Waals surface area contributed by atoms with Crippen LogP contribution in [0.25, 0.3) is 0 Å². The summed E-state index contributed by atoms with van der Waals surface area (Å²) in [6.45, 7) is 4.01. The molecule has 3 rings (SSSR count). The van der Waals surface area contributed by atoms with Gasteiger partial charge in [-0.05, 0) is 49.2 Å². The van der Waals surface area contributed by atoms with E-state index in [1.807, 2.05) is 30.3 Å². The van der Waals surface area contributed by atoms with Gasteiger partial charge in [0.05, 0.1) is 6.61 Å². The Morgan fingerprint density at radius 3 is 2.17 bits per heavy atom. The normalized spacial score (nSPS) is 16.4. The maximum atomic E-state index is 13.2. The minimum atomic E-state index is -0.214. The second kappa shape index (κ2) is 9.77. The Morgan fingerprint density at radius 2 is 1.50 bits per heavy atom. The van der Waals surface area contributed by atoms with Crippen LogP contribution in [0.1, 0.15) is 36.5 Å². The lowest BCUT2D eigenvalue weighted by Gasteiger charge is -2.27. The summed E-state index contributed by atoms with van der Waals surface area (Å²) in [7, 11) is 0. The lowest BCUT2D eigenvalue weighted by Crippen LogP contribution is -2.33. The quantitative estimate of drug-likeness (QED) is 0.740. The zero-order valence-electron chi connectivity index (χ0n) is 13.9. The summed E-state index contributed by atoms with van der Waals surface area (Å²) in [4.78, 5) is 2.47. The molecule has 1 fully saturated rings. The third-order valence-electron chi connectivity index (χ3n) is 4.42. The van der Waals surface area contributed by atoms with E-state index in [0.717, 1.165) is 17.7 Å². The molecule has 2 aromatic rings. The van der Waals surface area contributed by atoms with Crippen LogP contribution in [0, 0.1) is 5.82 Å². The van der Waals surface area contributed by atoms with Gasteiger partial charge in [0.1, 0.15) is 11.9 Å². The number of hydrogen-bond donors (Lipinski definition) is 0. The predicted octanol–water partition coefficient (Wildman–Crippen LogP) is 4.84. The molecule has 2 nitrogen and oxygen atoms in total. The zero-order valence-corrected chi connectivity index (χ0v) is 14.7. The molecule has 1 unspecified atom stereocenters. The van der Waals surface area contributed by atoms with Gasteiger partial charge in [0.15, 0.2) is 0 Å². The van der Waals surface area contributed by atoms with Crippen LogP contribution in [0.4, 0.5) is 4.39 Å². The summed E-state index contributed by atoms with van der Waals surface area (Å²) in [5.74, 6) is -0.214. The van der Waals surface area contributed by atoms with Gasteiger partial charge in [-0.3, -0.25) is 0 Å². The summed E-state index contributed by atoms with van der Waals surface area (Å²) in [6.07, 6.45) is 3.79. The molecule has 1 saturated heterocycles. The molecule has 0 radical (unpaired) electrons. The van der Waals surface area contributed by atoms with Crippen LogP contribution in [0.2, 0.25) is 0 Å². The topological polar surface area (TPSA) is 12.5 Å². The van der Waals surface area contributed by atoms with Gasteiger partial charge in [-0.15, -0.1) is 12.4 Å². The largest absolute Gasteiger partial charge is 0.367 e. The summed E-state index contributed by atoms with van der Waals surface area (Å²) in [5, 5.41) is 0. The van der Waals surface area contributed by atoms with Gasteiger partial charge < -0.3 is 9.64 Å². The van der Waals surface area contributed by atoms with Gasteiger partial charge >= 0.3 is 0 Å². The van der Waals surface area contributed by atoms with E-state index in [0.29, 0.717) is 6.61 Å². The van der Waals surface area contributed by atoms with E-state index < -0.39 is 0 Å². The van der Waals surface area contributed by atoms with E-state index in [2.05, 4.69) is 17.0 Å². The molecule has 0 spiro atoms. The van der Waals surface area contributed by atoms with Crippen LogP contribution in [0.3, 0.4) is 0 Å². The summed E-state index contributed by atoms with van der Waals surface area (Å²) < 4.78 is 19.4.